The fourth-order valence-electron chi connectivity index (χ4n) is 9.48. The molecule has 0 spiro atoms. The predicted octanol–water partition coefficient (Wildman–Crippen LogP) is 21.9. The summed E-state index contributed by atoms with van der Waals surface area (Å²) >= 11 is 0. The SMILES string of the molecule is CC/C=C\C/C=C\C/C=C\C/C=C\C/C=C\CCCC(=O)OC(COC(=O)CCCCCCCCCCCCCCCCCCC)COC(=O)CCCCCCCCCCCCCCCCCCCCCCCC. The topological polar surface area (TPSA) is 78.9 Å². The van der Waals surface area contributed by atoms with Crippen LogP contribution in [0.1, 0.15) is 335 Å². The second-order valence-corrected chi connectivity index (χ2v) is 21.7. The average molecular weight is 1040 g/mol. The van der Waals surface area contributed by atoms with E-state index < -0.39 is 6.10 Å². The first-order valence-electron chi connectivity index (χ1n) is 32.3. The van der Waals surface area contributed by atoms with E-state index in [2.05, 4.69) is 81.5 Å². The Balaban J connectivity index is 4.37. The minimum Gasteiger partial charge on any atom is -0.462 e. The fourth-order valence-corrected chi connectivity index (χ4v) is 9.48. The number of allylic oxidation sites excluding steroid dienone is 10. The molecule has 0 heterocycles. The summed E-state index contributed by atoms with van der Waals surface area (Å²) < 4.78 is 16.9. The molecule has 0 aromatic carbocycles. The Morgan fingerprint density at radius 2 is 0.527 bits per heavy atom. The van der Waals surface area contributed by atoms with Gasteiger partial charge in [0.05, 0.1) is 0 Å². The van der Waals surface area contributed by atoms with Crippen molar-refractivity contribution < 1.29 is 28.6 Å². The number of carbonyl (C=O) groups excluding carboxylic acids is 3. The molecule has 0 aromatic heterocycles. The third-order valence-corrected chi connectivity index (χ3v) is 14.3. The maximum atomic E-state index is 12.9. The van der Waals surface area contributed by atoms with Gasteiger partial charge in [-0.05, 0) is 57.8 Å². The largest absolute Gasteiger partial charge is 0.462 e. The summed E-state index contributed by atoms with van der Waals surface area (Å²) in [5, 5.41) is 0. The lowest BCUT2D eigenvalue weighted by molar-refractivity contribution is -0.167. The van der Waals surface area contributed by atoms with Gasteiger partial charge in [-0.2, -0.15) is 0 Å². The Kier molecular flexibility index (Phi) is 60.2. The van der Waals surface area contributed by atoms with Crippen LogP contribution in [0.2, 0.25) is 0 Å². The first-order valence-corrected chi connectivity index (χ1v) is 32.3. The molecule has 0 saturated carbocycles. The molecule has 0 saturated heterocycles. The number of hydrogen-bond donors (Lipinski definition) is 0. The lowest BCUT2D eigenvalue weighted by atomic mass is 10.0. The molecule has 0 aliphatic heterocycles. The normalized spacial score (nSPS) is 12.4. The minimum atomic E-state index is -0.802. The molecule has 0 aliphatic rings. The lowest BCUT2D eigenvalue weighted by Crippen LogP contribution is -2.30. The lowest BCUT2D eigenvalue weighted by Gasteiger charge is -2.18. The summed E-state index contributed by atoms with van der Waals surface area (Å²) in [4.78, 5) is 38.3. The molecule has 1 atom stereocenters. The van der Waals surface area contributed by atoms with Gasteiger partial charge in [-0.1, -0.05) is 319 Å². The van der Waals surface area contributed by atoms with E-state index in [4.69, 9.17) is 14.2 Å². The Labute approximate surface area is 460 Å². The highest BCUT2D eigenvalue weighted by molar-refractivity contribution is 5.71. The molecule has 0 fully saturated rings. The van der Waals surface area contributed by atoms with Gasteiger partial charge in [0, 0.05) is 19.3 Å². The smallest absolute Gasteiger partial charge is 0.306 e. The van der Waals surface area contributed by atoms with Crippen molar-refractivity contribution in [2.45, 2.75) is 341 Å². The molecule has 0 aliphatic carbocycles. The molecule has 6 heteroatoms. The number of ether oxygens (including phenoxy) is 3. The van der Waals surface area contributed by atoms with Crippen molar-refractivity contribution >= 4 is 17.9 Å². The molecule has 0 rings (SSSR count). The van der Waals surface area contributed by atoms with Crippen LogP contribution in [-0.4, -0.2) is 37.2 Å². The van der Waals surface area contributed by atoms with Crippen LogP contribution < -0.4 is 0 Å². The predicted molar refractivity (Wildman–Crippen MR) is 321 cm³/mol. The monoisotopic (exact) mass is 1030 g/mol. The van der Waals surface area contributed by atoms with Crippen molar-refractivity contribution in [3.05, 3.63) is 60.8 Å². The molecule has 0 amide bonds. The number of rotatable bonds is 59. The van der Waals surface area contributed by atoms with Crippen molar-refractivity contribution in [3.63, 3.8) is 0 Å². The molecule has 0 aromatic rings. The molecule has 1 unspecified atom stereocenters. The van der Waals surface area contributed by atoms with Gasteiger partial charge in [-0.25, -0.2) is 0 Å². The molecule has 0 bridgehead atoms. The highest BCUT2D eigenvalue weighted by Gasteiger charge is 2.19. The van der Waals surface area contributed by atoms with Crippen LogP contribution >= 0.6 is 0 Å². The molecule has 0 N–H and O–H groups in total. The van der Waals surface area contributed by atoms with Gasteiger partial charge in [0.2, 0.25) is 0 Å². The zero-order valence-electron chi connectivity index (χ0n) is 49.4. The molecular weight excluding hydrogens is 913 g/mol. The first-order chi connectivity index (χ1) is 36.5. The van der Waals surface area contributed by atoms with E-state index in [0.29, 0.717) is 19.3 Å². The summed E-state index contributed by atoms with van der Waals surface area (Å²) in [7, 11) is 0. The van der Waals surface area contributed by atoms with E-state index >= 15 is 0 Å². The van der Waals surface area contributed by atoms with Crippen molar-refractivity contribution in [2.75, 3.05) is 13.2 Å². The van der Waals surface area contributed by atoms with E-state index in [1.54, 1.807) is 0 Å². The maximum Gasteiger partial charge on any atom is 0.306 e. The Morgan fingerprint density at radius 1 is 0.284 bits per heavy atom. The highest BCUT2D eigenvalue weighted by atomic mass is 16.6. The van der Waals surface area contributed by atoms with Crippen LogP contribution in [0.4, 0.5) is 0 Å². The van der Waals surface area contributed by atoms with Crippen LogP contribution in [0, 0.1) is 0 Å². The first kappa shape index (κ1) is 71.1. The van der Waals surface area contributed by atoms with Crippen LogP contribution in [0.3, 0.4) is 0 Å². The molecule has 74 heavy (non-hydrogen) atoms. The quantitative estimate of drug-likeness (QED) is 0.0261. The Hall–Kier alpha value is -2.89. The van der Waals surface area contributed by atoms with Gasteiger partial charge < -0.3 is 14.2 Å². The highest BCUT2D eigenvalue weighted by Crippen LogP contribution is 2.18. The average Bonchev–Trinajstić information content (AvgIpc) is 3.40. The molecule has 0 radical (unpaired) electrons. The van der Waals surface area contributed by atoms with Gasteiger partial charge in [0.25, 0.3) is 0 Å². The van der Waals surface area contributed by atoms with Crippen molar-refractivity contribution in [3.8, 4) is 0 Å². The van der Waals surface area contributed by atoms with Crippen molar-refractivity contribution in [1.82, 2.24) is 0 Å². The number of unbranched alkanes of at least 4 members (excludes halogenated alkanes) is 38. The number of esters is 3. The van der Waals surface area contributed by atoms with Gasteiger partial charge in [0.15, 0.2) is 6.10 Å². The van der Waals surface area contributed by atoms with Gasteiger partial charge in [-0.15, -0.1) is 0 Å². The van der Waals surface area contributed by atoms with Gasteiger partial charge >= 0.3 is 17.9 Å². The van der Waals surface area contributed by atoms with Crippen LogP contribution in [0.15, 0.2) is 60.8 Å². The fraction of sp³-hybridized carbons (Fsp3) is 0.809. The molecule has 6 nitrogen and oxygen atoms in total. The summed E-state index contributed by atoms with van der Waals surface area (Å²) in [5.41, 5.74) is 0. The second-order valence-electron chi connectivity index (χ2n) is 21.7. The number of carbonyl (C=O) groups is 3. The van der Waals surface area contributed by atoms with Crippen molar-refractivity contribution in [2.24, 2.45) is 0 Å². The van der Waals surface area contributed by atoms with Crippen LogP contribution in [0.25, 0.3) is 0 Å². The van der Waals surface area contributed by atoms with E-state index in [1.807, 2.05) is 0 Å². The third kappa shape index (κ3) is 60.0. The van der Waals surface area contributed by atoms with Crippen LogP contribution in [-0.2, 0) is 28.6 Å². The van der Waals surface area contributed by atoms with E-state index in [0.717, 1.165) is 77.0 Å². The Morgan fingerprint density at radius 3 is 0.811 bits per heavy atom. The Bertz CT molecular complexity index is 1330. The summed E-state index contributed by atoms with van der Waals surface area (Å²) in [6, 6.07) is 0. The maximum absolute atomic E-state index is 12.9. The second kappa shape index (κ2) is 62.6. The van der Waals surface area contributed by atoms with E-state index in [9.17, 15) is 14.4 Å². The molecular formula is C68H122O6. The minimum absolute atomic E-state index is 0.0922. The van der Waals surface area contributed by atoms with E-state index in [1.165, 1.54) is 212 Å². The standard InChI is InChI=1S/C68H122O6/c1-4-7-10-13-16-19-22-25-28-31-32-33-34-35-38-40-43-46-49-52-55-58-61-67(70)73-64-65(74-68(71)62-59-56-53-50-47-44-41-37-30-27-24-21-18-15-12-9-6-3)63-72-66(69)60-57-54-51-48-45-42-39-36-29-26-23-20-17-14-11-8-5-2/h9,12,18,21,27,30,41,44,50,53,65H,4-8,10-11,13-17,19-20,22-26,28-29,31-40,42-43,45-49,51-52,54-64H2,1-3H3/b12-9-,21-18-,30-27-,44-41-,53-50-. The third-order valence-electron chi connectivity index (χ3n) is 14.3. The summed E-state index contributed by atoms with van der Waals surface area (Å²) in [5.74, 6) is -0.929. The zero-order chi connectivity index (χ0) is 53.6. The van der Waals surface area contributed by atoms with Gasteiger partial charge in [-0.3, -0.25) is 14.4 Å². The van der Waals surface area contributed by atoms with Crippen LogP contribution in [0.5, 0.6) is 0 Å². The zero-order valence-corrected chi connectivity index (χ0v) is 49.4. The summed E-state index contributed by atoms with van der Waals surface area (Å²) in [6.45, 7) is 6.54. The molecule has 430 valence electrons. The number of hydrogen-bond acceptors (Lipinski definition) is 6. The van der Waals surface area contributed by atoms with E-state index in [-0.39, 0.29) is 37.5 Å². The summed E-state index contributed by atoms with van der Waals surface area (Å²) in [6.07, 6.45) is 79.5. The van der Waals surface area contributed by atoms with Crippen molar-refractivity contribution in [1.29, 1.82) is 0 Å². The van der Waals surface area contributed by atoms with Gasteiger partial charge in [0.1, 0.15) is 13.2 Å².